The molecule has 1 aromatic carbocycles. The Labute approximate surface area is 187 Å². The largest absolute Gasteiger partial charge is 0.382 e. The number of hydrogen-bond donors (Lipinski definition) is 1. The maximum absolute atomic E-state index is 11.4. The first-order valence-corrected chi connectivity index (χ1v) is 10.9. The molecule has 1 aliphatic heterocycles. The van der Waals surface area contributed by atoms with Gasteiger partial charge in [-0.05, 0) is 53.6 Å². The van der Waals surface area contributed by atoms with Crippen molar-refractivity contribution in [2.75, 3.05) is 33.2 Å². The molecule has 2 unspecified atom stereocenters. The summed E-state index contributed by atoms with van der Waals surface area (Å²) in [6.07, 6.45) is 6.50. The minimum absolute atomic E-state index is 0.00431. The van der Waals surface area contributed by atoms with Gasteiger partial charge in [0, 0.05) is 44.4 Å². The Morgan fingerprint density at radius 3 is 2.68 bits per heavy atom. The smallest absolute Gasteiger partial charge is 0.121 e. The first-order chi connectivity index (χ1) is 15.0. The Morgan fingerprint density at radius 2 is 1.94 bits per heavy atom. The van der Waals surface area contributed by atoms with Gasteiger partial charge in [-0.1, -0.05) is 23.7 Å². The van der Waals surface area contributed by atoms with E-state index >= 15 is 0 Å². The average Bonchev–Trinajstić information content (AvgIpc) is 3.14. The molecule has 1 N–H and O–H groups in total. The number of halogens is 1. The van der Waals surface area contributed by atoms with Crippen LogP contribution in [-0.4, -0.2) is 62.7 Å². The molecule has 7 heteroatoms. The zero-order chi connectivity index (χ0) is 21.5. The van der Waals surface area contributed by atoms with Gasteiger partial charge in [-0.2, -0.15) is 0 Å². The second kappa shape index (κ2) is 8.20. The van der Waals surface area contributed by atoms with E-state index < -0.39 is 6.10 Å². The van der Waals surface area contributed by atoms with Crippen molar-refractivity contribution in [2.45, 2.75) is 12.1 Å². The third-order valence-corrected chi connectivity index (χ3v) is 6.63. The zero-order valence-corrected chi connectivity index (χ0v) is 18.5. The number of imidazole rings is 1. The molecule has 160 valence electrons. The van der Waals surface area contributed by atoms with Gasteiger partial charge in [-0.25, -0.2) is 4.98 Å². The lowest BCUT2D eigenvalue weighted by Gasteiger charge is -2.38. The van der Waals surface area contributed by atoms with Gasteiger partial charge in [0.15, 0.2) is 0 Å². The Kier molecular flexibility index (Phi) is 5.40. The summed E-state index contributed by atoms with van der Waals surface area (Å²) in [5.41, 5.74) is 5.67. The Bertz CT molecular complexity index is 1130. The van der Waals surface area contributed by atoms with Crippen molar-refractivity contribution in [1.29, 1.82) is 0 Å². The summed E-state index contributed by atoms with van der Waals surface area (Å²) in [6, 6.07) is 10.0. The standard InChI is InChI=1S/C24H26ClN5O/c1-28-8-10-30(11-9-28)23-18-6-5-17(25)13-19(18)20(12-16-4-3-7-27-22(16)23)24(31)21-14-26-15-29(21)2/h3-7,12-15,23-24,31H,8-11H2,1-2H3. The summed E-state index contributed by atoms with van der Waals surface area (Å²) in [4.78, 5) is 13.9. The summed E-state index contributed by atoms with van der Waals surface area (Å²) in [5.74, 6) is 0. The summed E-state index contributed by atoms with van der Waals surface area (Å²) < 4.78 is 1.85. The number of piperazine rings is 1. The Morgan fingerprint density at radius 1 is 1.13 bits per heavy atom. The normalized spacial score (nSPS) is 20.5. The lowest BCUT2D eigenvalue weighted by molar-refractivity contribution is 0.125. The molecule has 1 saturated heterocycles. The number of fused-ring (bicyclic) bond motifs is 2. The molecular weight excluding hydrogens is 410 g/mol. The van der Waals surface area contributed by atoms with Gasteiger partial charge in [-0.3, -0.25) is 9.88 Å². The fraction of sp³-hybridized carbons (Fsp3) is 0.333. The molecule has 31 heavy (non-hydrogen) atoms. The van der Waals surface area contributed by atoms with Gasteiger partial charge in [0.2, 0.25) is 0 Å². The van der Waals surface area contributed by atoms with Gasteiger partial charge < -0.3 is 14.6 Å². The molecule has 1 aliphatic carbocycles. The van der Waals surface area contributed by atoms with Crippen molar-refractivity contribution in [3.05, 3.63) is 82.2 Å². The molecule has 0 bridgehead atoms. The number of likely N-dealkylation sites (N-methyl/N-ethyl adjacent to an activating group) is 1. The van der Waals surface area contributed by atoms with Crippen LogP contribution in [0.1, 0.15) is 40.2 Å². The van der Waals surface area contributed by atoms with E-state index in [0.29, 0.717) is 5.02 Å². The topological polar surface area (TPSA) is 57.4 Å². The fourth-order valence-corrected chi connectivity index (χ4v) is 4.83. The van der Waals surface area contributed by atoms with Crippen molar-refractivity contribution >= 4 is 23.3 Å². The number of aryl methyl sites for hydroxylation is 1. The van der Waals surface area contributed by atoms with Gasteiger partial charge in [-0.15, -0.1) is 0 Å². The first-order valence-electron chi connectivity index (χ1n) is 10.6. The van der Waals surface area contributed by atoms with Crippen LogP contribution in [0.3, 0.4) is 0 Å². The second-order valence-electron chi connectivity index (χ2n) is 8.38. The molecule has 6 nitrogen and oxygen atoms in total. The number of pyridine rings is 1. The minimum Gasteiger partial charge on any atom is -0.382 e. The fourth-order valence-electron chi connectivity index (χ4n) is 4.66. The zero-order valence-electron chi connectivity index (χ0n) is 17.7. The number of aliphatic hydroxyl groups is 1. The highest BCUT2D eigenvalue weighted by Gasteiger charge is 2.34. The van der Waals surface area contributed by atoms with Crippen molar-refractivity contribution in [3.63, 3.8) is 0 Å². The minimum atomic E-state index is -0.830. The van der Waals surface area contributed by atoms with E-state index in [1.165, 1.54) is 0 Å². The number of rotatable bonds is 3. The predicted molar refractivity (Wildman–Crippen MR) is 123 cm³/mol. The summed E-state index contributed by atoms with van der Waals surface area (Å²) in [5, 5.41) is 12.1. The van der Waals surface area contributed by atoms with Crippen molar-refractivity contribution in [3.8, 4) is 0 Å². The van der Waals surface area contributed by atoms with Crippen LogP contribution in [0.4, 0.5) is 0 Å². The molecule has 3 aromatic rings. The Hall–Kier alpha value is -2.51. The van der Waals surface area contributed by atoms with E-state index in [9.17, 15) is 5.11 Å². The van der Waals surface area contributed by atoms with Crippen LogP contribution < -0.4 is 0 Å². The number of benzene rings is 1. The highest BCUT2D eigenvalue weighted by molar-refractivity contribution is 6.30. The molecule has 2 atom stereocenters. The average molecular weight is 436 g/mol. The third kappa shape index (κ3) is 3.70. The van der Waals surface area contributed by atoms with Crippen molar-refractivity contribution < 1.29 is 5.11 Å². The van der Waals surface area contributed by atoms with Crippen LogP contribution in [0.2, 0.25) is 5.02 Å². The first kappa shape index (κ1) is 20.4. The third-order valence-electron chi connectivity index (χ3n) is 6.39. The molecule has 3 heterocycles. The van der Waals surface area contributed by atoms with E-state index in [2.05, 4.69) is 40.0 Å². The molecule has 0 spiro atoms. The molecule has 2 aromatic heterocycles. The van der Waals surface area contributed by atoms with E-state index in [1.54, 1.807) is 12.5 Å². The molecule has 5 rings (SSSR count). The van der Waals surface area contributed by atoms with E-state index in [4.69, 9.17) is 16.6 Å². The number of aromatic nitrogens is 3. The SMILES string of the molecule is CN1CCN(C2c3ccc(Cl)cc3C(C(O)c3cncn3C)=Cc3cccnc32)CC1. The molecule has 2 aliphatic rings. The maximum atomic E-state index is 11.4. The highest BCUT2D eigenvalue weighted by Crippen LogP contribution is 2.44. The van der Waals surface area contributed by atoms with Crippen LogP contribution in [-0.2, 0) is 7.05 Å². The Balaban J connectivity index is 1.71. The molecular formula is C24H26ClN5O. The van der Waals surface area contributed by atoms with E-state index in [0.717, 1.165) is 59.8 Å². The van der Waals surface area contributed by atoms with Crippen molar-refractivity contribution in [2.24, 2.45) is 7.05 Å². The van der Waals surface area contributed by atoms with Crippen molar-refractivity contribution in [1.82, 2.24) is 24.3 Å². The van der Waals surface area contributed by atoms with Gasteiger partial charge in [0.1, 0.15) is 6.10 Å². The lowest BCUT2D eigenvalue weighted by atomic mass is 9.91. The summed E-state index contributed by atoms with van der Waals surface area (Å²) >= 11 is 6.46. The highest BCUT2D eigenvalue weighted by atomic mass is 35.5. The van der Waals surface area contributed by atoms with Crippen LogP contribution in [0, 0.1) is 0 Å². The van der Waals surface area contributed by atoms with Gasteiger partial charge >= 0.3 is 0 Å². The lowest BCUT2D eigenvalue weighted by Crippen LogP contribution is -2.46. The van der Waals surface area contributed by atoms with Gasteiger partial charge in [0.25, 0.3) is 0 Å². The van der Waals surface area contributed by atoms with Crippen LogP contribution in [0.25, 0.3) is 11.6 Å². The van der Waals surface area contributed by atoms with E-state index in [-0.39, 0.29) is 6.04 Å². The predicted octanol–water partition coefficient (Wildman–Crippen LogP) is 3.39. The maximum Gasteiger partial charge on any atom is 0.121 e. The van der Waals surface area contributed by atoms with Crippen LogP contribution in [0.5, 0.6) is 0 Å². The monoisotopic (exact) mass is 435 g/mol. The summed E-state index contributed by atoms with van der Waals surface area (Å²) in [6.45, 7) is 3.94. The second-order valence-corrected chi connectivity index (χ2v) is 8.82. The van der Waals surface area contributed by atoms with Crippen LogP contribution >= 0.6 is 11.6 Å². The molecule has 0 radical (unpaired) electrons. The van der Waals surface area contributed by atoms with E-state index in [1.807, 2.05) is 36.0 Å². The van der Waals surface area contributed by atoms with Crippen LogP contribution in [0.15, 0.2) is 49.1 Å². The summed E-state index contributed by atoms with van der Waals surface area (Å²) in [7, 11) is 4.05. The molecule has 0 amide bonds. The van der Waals surface area contributed by atoms with Gasteiger partial charge in [0.05, 0.1) is 30.0 Å². The molecule has 1 fully saturated rings. The number of hydrogen-bond acceptors (Lipinski definition) is 5. The quantitative estimate of drug-likeness (QED) is 0.683. The molecule has 0 saturated carbocycles. The number of nitrogens with zero attached hydrogens (tertiary/aromatic N) is 5. The number of aliphatic hydroxyl groups excluding tert-OH is 1.